The summed E-state index contributed by atoms with van der Waals surface area (Å²) in [5.41, 5.74) is 1.78. The summed E-state index contributed by atoms with van der Waals surface area (Å²) in [4.78, 5) is 12.7. The minimum atomic E-state index is -3.62. The molecule has 0 fully saturated rings. The average molecular weight is 415 g/mol. The van der Waals surface area contributed by atoms with Crippen molar-refractivity contribution in [2.75, 3.05) is 14.1 Å². The molecule has 1 unspecified atom stereocenters. The van der Waals surface area contributed by atoms with Crippen LogP contribution < -0.4 is 5.32 Å². The first-order chi connectivity index (χ1) is 12.0. The van der Waals surface area contributed by atoms with Crippen LogP contribution in [0.3, 0.4) is 0 Å². The number of nitrogens with one attached hydrogen (secondary N) is 1. The Kier molecular flexibility index (Phi) is 6.34. The van der Waals surface area contributed by atoms with Gasteiger partial charge in [0, 0.05) is 19.7 Å². The van der Waals surface area contributed by atoms with Crippen molar-refractivity contribution in [2.45, 2.75) is 24.8 Å². The molecule has 26 heavy (non-hydrogen) atoms. The molecule has 1 atom stereocenters. The third-order valence-corrected chi connectivity index (χ3v) is 6.57. The lowest BCUT2D eigenvalue weighted by Crippen LogP contribution is -2.28. The number of sulfonamides is 1. The predicted octanol–water partition coefficient (Wildman–Crippen LogP) is 4.04. The van der Waals surface area contributed by atoms with Crippen molar-refractivity contribution < 1.29 is 13.2 Å². The van der Waals surface area contributed by atoms with E-state index in [4.69, 9.17) is 23.2 Å². The molecule has 2 aromatic carbocycles. The van der Waals surface area contributed by atoms with Crippen LogP contribution in [0, 0.1) is 6.92 Å². The number of hydrogen-bond donors (Lipinski definition) is 1. The van der Waals surface area contributed by atoms with Crippen LogP contribution in [-0.2, 0) is 10.0 Å². The van der Waals surface area contributed by atoms with Gasteiger partial charge in [0.1, 0.15) is 0 Å². The molecule has 0 spiro atoms. The van der Waals surface area contributed by atoms with Crippen LogP contribution in [0.25, 0.3) is 0 Å². The van der Waals surface area contributed by atoms with E-state index in [-0.39, 0.29) is 16.8 Å². The highest BCUT2D eigenvalue weighted by atomic mass is 35.5. The van der Waals surface area contributed by atoms with Gasteiger partial charge in [-0.15, -0.1) is 0 Å². The van der Waals surface area contributed by atoms with E-state index in [0.29, 0.717) is 21.2 Å². The number of amides is 1. The van der Waals surface area contributed by atoms with Gasteiger partial charge < -0.3 is 5.32 Å². The first-order valence-corrected chi connectivity index (χ1v) is 10.0. The molecule has 0 heterocycles. The highest BCUT2D eigenvalue weighted by molar-refractivity contribution is 7.89. The predicted molar refractivity (Wildman–Crippen MR) is 104 cm³/mol. The van der Waals surface area contributed by atoms with Crippen molar-refractivity contribution in [3.8, 4) is 0 Å². The monoisotopic (exact) mass is 414 g/mol. The molecule has 0 radical (unpaired) electrons. The fraction of sp³-hybridized carbons (Fsp3) is 0.278. The smallest absolute Gasteiger partial charge is 0.252 e. The molecule has 1 N–H and O–H groups in total. The topological polar surface area (TPSA) is 66.5 Å². The zero-order valence-corrected chi connectivity index (χ0v) is 17.2. The average Bonchev–Trinajstić information content (AvgIpc) is 2.57. The van der Waals surface area contributed by atoms with Crippen LogP contribution in [0.1, 0.15) is 34.5 Å². The number of nitrogens with zero attached hydrogens (tertiary/aromatic N) is 1. The van der Waals surface area contributed by atoms with Crippen LogP contribution in [0.2, 0.25) is 10.0 Å². The number of carbonyl (C=O) groups excluding carboxylic acids is 1. The molecule has 0 aliphatic carbocycles. The largest absolute Gasteiger partial charge is 0.346 e. The molecular formula is C18H20Cl2N2O3S. The van der Waals surface area contributed by atoms with Crippen molar-refractivity contribution in [2.24, 2.45) is 0 Å². The summed E-state index contributed by atoms with van der Waals surface area (Å²) in [5.74, 6) is -0.364. The van der Waals surface area contributed by atoms with Gasteiger partial charge in [-0.25, -0.2) is 12.7 Å². The Bertz CT molecular complexity index is 943. The summed E-state index contributed by atoms with van der Waals surface area (Å²) < 4.78 is 25.7. The maximum atomic E-state index is 12.7. The minimum absolute atomic E-state index is 0.0699. The number of benzene rings is 2. The third-order valence-electron chi connectivity index (χ3n) is 4.02. The second kappa shape index (κ2) is 7.96. The summed E-state index contributed by atoms with van der Waals surface area (Å²) in [6.07, 6.45) is 0. The normalized spacial score (nSPS) is 12.9. The highest BCUT2D eigenvalue weighted by Crippen LogP contribution is 2.26. The Morgan fingerprint density at radius 2 is 1.73 bits per heavy atom. The van der Waals surface area contributed by atoms with E-state index in [1.165, 1.54) is 26.2 Å². The fourth-order valence-electron chi connectivity index (χ4n) is 2.36. The van der Waals surface area contributed by atoms with E-state index in [2.05, 4.69) is 5.32 Å². The van der Waals surface area contributed by atoms with Gasteiger partial charge in [0.05, 0.1) is 21.0 Å². The van der Waals surface area contributed by atoms with Gasteiger partial charge in [0.25, 0.3) is 5.91 Å². The van der Waals surface area contributed by atoms with E-state index < -0.39 is 10.0 Å². The van der Waals surface area contributed by atoms with Crippen LogP contribution in [0.5, 0.6) is 0 Å². The quantitative estimate of drug-likeness (QED) is 0.802. The van der Waals surface area contributed by atoms with Crippen LogP contribution in [0.15, 0.2) is 41.3 Å². The Morgan fingerprint density at radius 1 is 1.08 bits per heavy atom. The van der Waals surface area contributed by atoms with Gasteiger partial charge in [-0.1, -0.05) is 35.3 Å². The van der Waals surface area contributed by atoms with Crippen LogP contribution in [-0.4, -0.2) is 32.7 Å². The van der Waals surface area contributed by atoms with Crippen molar-refractivity contribution in [1.29, 1.82) is 0 Å². The molecule has 0 bridgehead atoms. The molecule has 2 aromatic rings. The molecule has 5 nitrogen and oxygen atoms in total. The SMILES string of the molecule is Cc1ccc(S(=O)(=O)N(C)C)cc1C(=O)NC(C)c1ccc(Cl)c(Cl)c1. The first-order valence-electron chi connectivity index (χ1n) is 7.83. The van der Waals surface area contributed by atoms with Gasteiger partial charge >= 0.3 is 0 Å². The molecule has 0 saturated carbocycles. The maximum absolute atomic E-state index is 12.7. The second-order valence-corrected chi connectivity index (χ2v) is 9.10. The van der Waals surface area contributed by atoms with E-state index in [1.54, 1.807) is 31.2 Å². The number of rotatable bonds is 5. The van der Waals surface area contributed by atoms with E-state index in [0.717, 1.165) is 9.87 Å². The van der Waals surface area contributed by atoms with Crippen molar-refractivity contribution in [1.82, 2.24) is 9.62 Å². The highest BCUT2D eigenvalue weighted by Gasteiger charge is 2.21. The van der Waals surface area contributed by atoms with Gasteiger partial charge in [-0.05, 0) is 49.2 Å². The lowest BCUT2D eigenvalue weighted by molar-refractivity contribution is 0.0939. The molecular weight excluding hydrogens is 395 g/mol. The van der Waals surface area contributed by atoms with E-state index >= 15 is 0 Å². The van der Waals surface area contributed by atoms with Gasteiger partial charge in [-0.3, -0.25) is 4.79 Å². The summed E-state index contributed by atoms with van der Waals surface area (Å²) in [5, 5.41) is 3.70. The second-order valence-electron chi connectivity index (χ2n) is 6.13. The number of hydrogen-bond acceptors (Lipinski definition) is 3. The lowest BCUT2D eigenvalue weighted by atomic mass is 10.1. The molecule has 0 aliphatic rings. The molecule has 8 heteroatoms. The van der Waals surface area contributed by atoms with Crippen LogP contribution >= 0.6 is 23.2 Å². The minimum Gasteiger partial charge on any atom is -0.346 e. The fourth-order valence-corrected chi connectivity index (χ4v) is 3.59. The summed E-state index contributed by atoms with van der Waals surface area (Å²) in [7, 11) is -0.728. The van der Waals surface area contributed by atoms with Crippen molar-refractivity contribution >= 4 is 39.1 Å². The van der Waals surface area contributed by atoms with Crippen molar-refractivity contribution in [3.05, 3.63) is 63.1 Å². The Hall–Kier alpha value is -1.60. The Morgan fingerprint density at radius 3 is 2.31 bits per heavy atom. The summed E-state index contributed by atoms with van der Waals surface area (Å²) >= 11 is 11.9. The molecule has 0 saturated heterocycles. The molecule has 2 rings (SSSR count). The maximum Gasteiger partial charge on any atom is 0.252 e. The number of halogens is 2. The Labute approximate surface area is 164 Å². The summed E-state index contributed by atoms with van der Waals surface area (Å²) in [6, 6.07) is 9.30. The number of carbonyl (C=O) groups is 1. The van der Waals surface area contributed by atoms with Crippen LogP contribution in [0.4, 0.5) is 0 Å². The van der Waals surface area contributed by atoms with Gasteiger partial charge in [0.15, 0.2) is 0 Å². The zero-order valence-electron chi connectivity index (χ0n) is 14.9. The first kappa shape index (κ1) is 20.7. The lowest BCUT2D eigenvalue weighted by Gasteiger charge is -2.17. The number of aryl methyl sites for hydroxylation is 1. The molecule has 0 aliphatic heterocycles. The zero-order chi connectivity index (χ0) is 19.6. The van der Waals surface area contributed by atoms with Crippen molar-refractivity contribution in [3.63, 3.8) is 0 Å². The Balaban J connectivity index is 2.30. The standard InChI is InChI=1S/C18H20Cl2N2O3S/c1-11-5-7-14(26(24,25)22(3)4)10-15(11)18(23)21-12(2)13-6-8-16(19)17(20)9-13/h5-10,12H,1-4H3,(H,21,23). The third kappa shape index (κ3) is 4.38. The van der Waals surface area contributed by atoms with Gasteiger partial charge in [-0.2, -0.15) is 0 Å². The van der Waals surface area contributed by atoms with Gasteiger partial charge in [0.2, 0.25) is 10.0 Å². The van der Waals surface area contributed by atoms with E-state index in [9.17, 15) is 13.2 Å². The molecule has 0 aromatic heterocycles. The molecule has 1 amide bonds. The van der Waals surface area contributed by atoms with E-state index in [1.807, 2.05) is 6.92 Å². The molecule has 140 valence electrons. The summed E-state index contributed by atoms with van der Waals surface area (Å²) in [6.45, 7) is 3.57.